The molecule has 1 amide bonds. The summed E-state index contributed by atoms with van der Waals surface area (Å²) in [5, 5.41) is 15.0. The molecule has 1 aromatic heterocycles. The number of hydrogen-bond donors (Lipinski definition) is 1. The molecular weight excluding hydrogens is 314 g/mol. The molecule has 0 atom stereocenters. The lowest BCUT2D eigenvalue weighted by molar-refractivity contribution is 0.0949. The molecule has 0 aliphatic rings. The molecule has 0 saturated carbocycles. The number of amides is 1. The Labute approximate surface area is 138 Å². The molecule has 7 heteroatoms. The summed E-state index contributed by atoms with van der Waals surface area (Å²) in [6.07, 6.45) is 0. The molecule has 23 heavy (non-hydrogen) atoms. The van der Waals surface area contributed by atoms with E-state index in [0.29, 0.717) is 16.4 Å². The Morgan fingerprint density at radius 2 is 2.00 bits per heavy atom. The Bertz CT molecular complexity index is 828. The Balaban J connectivity index is 1.73. The quantitative estimate of drug-likeness (QED) is 0.799. The topological polar surface area (TPSA) is 72.7 Å². The smallest absolute Gasteiger partial charge is 0.251 e. The van der Waals surface area contributed by atoms with E-state index in [9.17, 15) is 4.79 Å². The van der Waals surface area contributed by atoms with E-state index in [4.69, 9.17) is 11.6 Å². The van der Waals surface area contributed by atoms with Crippen LogP contribution in [0.4, 0.5) is 0 Å². The van der Waals surface area contributed by atoms with Crippen LogP contribution >= 0.6 is 11.6 Å². The van der Waals surface area contributed by atoms with E-state index in [0.717, 1.165) is 11.3 Å². The third-order valence-electron chi connectivity index (χ3n) is 3.29. The molecule has 116 valence electrons. The van der Waals surface area contributed by atoms with Crippen LogP contribution in [0.3, 0.4) is 0 Å². The monoisotopic (exact) mass is 327 g/mol. The fraction of sp³-hybridized carbons (Fsp3) is 0.125. The van der Waals surface area contributed by atoms with Crippen molar-refractivity contribution >= 4 is 17.5 Å². The minimum atomic E-state index is -0.167. The SMILES string of the molecule is Cc1cccc(C(=O)NCc2nnnn2-c2ccc(Cl)cc2)c1. The number of carbonyl (C=O) groups is 1. The molecular formula is C16H14ClN5O. The van der Waals surface area contributed by atoms with Crippen LogP contribution in [0, 0.1) is 6.92 Å². The van der Waals surface area contributed by atoms with Gasteiger partial charge in [0.15, 0.2) is 5.82 Å². The first-order chi connectivity index (χ1) is 11.1. The highest BCUT2D eigenvalue weighted by Crippen LogP contribution is 2.13. The fourth-order valence-corrected chi connectivity index (χ4v) is 2.27. The van der Waals surface area contributed by atoms with E-state index >= 15 is 0 Å². The van der Waals surface area contributed by atoms with Crippen molar-refractivity contribution in [3.05, 3.63) is 70.5 Å². The Morgan fingerprint density at radius 1 is 1.22 bits per heavy atom. The maximum absolute atomic E-state index is 12.2. The van der Waals surface area contributed by atoms with Gasteiger partial charge in [-0.2, -0.15) is 4.68 Å². The number of tetrazole rings is 1. The van der Waals surface area contributed by atoms with Crippen LogP contribution in [-0.2, 0) is 6.54 Å². The predicted octanol–water partition coefficient (Wildman–Crippen LogP) is 2.55. The van der Waals surface area contributed by atoms with Crippen molar-refractivity contribution in [3.8, 4) is 5.69 Å². The number of aryl methyl sites for hydroxylation is 1. The summed E-state index contributed by atoms with van der Waals surface area (Å²) in [4.78, 5) is 12.2. The highest BCUT2D eigenvalue weighted by atomic mass is 35.5. The summed E-state index contributed by atoms with van der Waals surface area (Å²) in [6, 6.07) is 14.5. The molecule has 3 aromatic rings. The predicted molar refractivity (Wildman–Crippen MR) is 86.5 cm³/mol. The standard InChI is InChI=1S/C16H14ClN5O/c1-11-3-2-4-12(9-11)16(23)18-10-15-19-20-21-22(15)14-7-5-13(17)6-8-14/h2-9H,10H2,1H3,(H,18,23). The van der Waals surface area contributed by atoms with E-state index in [1.54, 1.807) is 22.9 Å². The number of halogens is 1. The summed E-state index contributed by atoms with van der Waals surface area (Å²) in [6.45, 7) is 2.17. The molecule has 0 radical (unpaired) electrons. The number of nitrogens with zero attached hydrogens (tertiary/aromatic N) is 4. The Kier molecular flexibility index (Phi) is 4.34. The molecule has 0 aliphatic heterocycles. The van der Waals surface area contributed by atoms with Gasteiger partial charge in [-0.15, -0.1) is 5.10 Å². The van der Waals surface area contributed by atoms with Gasteiger partial charge in [0.2, 0.25) is 0 Å². The molecule has 3 rings (SSSR count). The van der Waals surface area contributed by atoms with Gasteiger partial charge < -0.3 is 5.32 Å². The van der Waals surface area contributed by atoms with Crippen molar-refractivity contribution in [1.29, 1.82) is 0 Å². The summed E-state index contributed by atoms with van der Waals surface area (Å²) in [5.74, 6) is 0.368. The van der Waals surface area contributed by atoms with Crippen LogP contribution in [0.1, 0.15) is 21.7 Å². The number of hydrogen-bond acceptors (Lipinski definition) is 4. The lowest BCUT2D eigenvalue weighted by atomic mass is 10.1. The zero-order valence-corrected chi connectivity index (χ0v) is 13.2. The highest BCUT2D eigenvalue weighted by Gasteiger charge is 2.11. The van der Waals surface area contributed by atoms with E-state index in [2.05, 4.69) is 20.8 Å². The minimum Gasteiger partial charge on any atom is -0.345 e. The van der Waals surface area contributed by atoms with Gasteiger partial charge >= 0.3 is 0 Å². The van der Waals surface area contributed by atoms with Gasteiger partial charge in [0.1, 0.15) is 0 Å². The molecule has 1 heterocycles. The molecule has 1 N–H and O–H groups in total. The van der Waals surface area contributed by atoms with E-state index in [-0.39, 0.29) is 12.5 Å². The van der Waals surface area contributed by atoms with Crippen molar-refractivity contribution in [2.45, 2.75) is 13.5 Å². The second-order valence-corrected chi connectivity index (χ2v) is 5.47. The lowest BCUT2D eigenvalue weighted by Gasteiger charge is -2.07. The molecule has 0 fully saturated rings. The van der Waals surface area contributed by atoms with E-state index < -0.39 is 0 Å². The highest BCUT2D eigenvalue weighted by molar-refractivity contribution is 6.30. The van der Waals surface area contributed by atoms with Crippen molar-refractivity contribution in [3.63, 3.8) is 0 Å². The number of rotatable bonds is 4. The van der Waals surface area contributed by atoms with Gasteiger partial charge in [0, 0.05) is 10.6 Å². The van der Waals surface area contributed by atoms with Crippen molar-refractivity contribution in [1.82, 2.24) is 25.5 Å². The number of benzene rings is 2. The number of carbonyl (C=O) groups excluding carboxylic acids is 1. The van der Waals surface area contributed by atoms with E-state index in [1.165, 1.54) is 0 Å². The van der Waals surface area contributed by atoms with Crippen LogP contribution in [0.25, 0.3) is 5.69 Å². The molecule has 2 aromatic carbocycles. The molecule has 0 aliphatic carbocycles. The average Bonchev–Trinajstić information content (AvgIpc) is 3.02. The summed E-state index contributed by atoms with van der Waals surface area (Å²) < 4.78 is 1.56. The van der Waals surface area contributed by atoms with E-state index in [1.807, 2.05) is 37.3 Å². The van der Waals surface area contributed by atoms with Gasteiger partial charge in [-0.05, 0) is 53.7 Å². The lowest BCUT2D eigenvalue weighted by Crippen LogP contribution is -2.24. The zero-order valence-electron chi connectivity index (χ0n) is 12.4. The molecule has 0 saturated heterocycles. The van der Waals surface area contributed by atoms with Crippen LogP contribution in [0.5, 0.6) is 0 Å². The third kappa shape index (κ3) is 3.54. The molecule has 0 unspecified atom stereocenters. The summed E-state index contributed by atoms with van der Waals surface area (Å²) in [7, 11) is 0. The number of nitrogens with one attached hydrogen (secondary N) is 1. The fourth-order valence-electron chi connectivity index (χ4n) is 2.15. The molecule has 6 nitrogen and oxygen atoms in total. The van der Waals surface area contributed by atoms with Gasteiger partial charge in [0.25, 0.3) is 5.91 Å². The Hall–Kier alpha value is -2.73. The maximum atomic E-state index is 12.2. The largest absolute Gasteiger partial charge is 0.345 e. The minimum absolute atomic E-state index is 0.167. The van der Waals surface area contributed by atoms with Crippen molar-refractivity contribution in [2.24, 2.45) is 0 Å². The normalized spacial score (nSPS) is 10.5. The first-order valence-electron chi connectivity index (χ1n) is 7.01. The second kappa shape index (κ2) is 6.58. The van der Waals surface area contributed by atoms with Crippen LogP contribution < -0.4 is 5.32 Å². The first kappa shape index (κ1) is 15.2. The zero-order chi connectivity index (χ0) is 16.2. The maximum Gasteiger partial charge on any atom is 0.251 e. The third-order valence-corrected chi connectivity index (χ3v) is 3.54. The van der Waals surface area contributed by atoms with Gasteiger partial charge in [0.05, 0.1) is 12.2 Å². The van der Waals surface area contributed by atoms with Crippen LogP contribution in [0.2, 0.25) is 5.02 Å². The van der Waals surface area contributed by atoms with Crippen molar-refractivity contribution in [2.75, 3.05) is 0 Å². The summed E-state index contributed by atoms with van der Waals surface area (Å²) in [5.41, 5.74) is 2.42. The summed E-state index contributed by atoms with van der Waals surface area (Å²) >= 11 is 5.88. The van der Waals surface area contributed by atoms with Gasteiger partial charge in [-0.1, -0.05) is 29.3 Å². The van der Waals surface area contributed by atoms with Gasteiger partial charge in [-0.25, -0.2) is 0 Å². The Morgan fingerprint density at radius 3 is 2.74 bits per heavy atom. The molecule has 0 spiro atoms. The van der Waals surface area contributed by atoms with Crippen LogP contribution in [0.15, 0.2) is 48.5 Å². The van der Waals surface area contributed by atoms with Gasteiger partial charge in [-0.3, -0.25) is 4.79 Å². The number of aromatic nitrogens is 4. The first-order valence-corrected chi connectivity index (χ1v) is 7.39. The van der Waals surface area contributed by atoms with Crippen molar-refractivity contribution < 1.29 is 4.79 Å². The van der Waals surface area contributed by atoms with Crippen LogP contribution in [-0.4, -0.2) is 26.1 Å². The second-order valence-electron chi connectivity index (χ2n) is 5.04. The average molecular weight is 328 g/mol. The molecule has 0 bridgehead atoms.